The number of aryl methyl sites for hydroxylation is 2. The van der Waals surface area contributed by atoms with Gasteiger partial charge in [-0.1, -0.05) is 57.0 Å². The molecule has 1 aromatic rings. The largest absolute Gasteiger partial charge is 0.396 e. The van der Waals surface area contributed by atoms with Gasteiger partial charge in [-0.25, -0.2) is 0 Å². The second kappa shape index (κ2) is 13.8. The average molecular weight is 596 g/mol. The molecule has 3 fully saturated rings. The molecule has 4 rings (SSSR count). The number of thioether (sulfide) groups is 1. The van der Waals surface area contributed by atoms with Crippen molar-refractivity contribution >= 4 is 35.2 Å². The molecule has 230 valence electrons. The number of nitrogens with zero attached hydrogens (tertiary/aromatic N) is 3. The molecule has 0 saturated carbocycles. The Bertz CT molecular complexity index is 1170. The Morgan fingerprint density at radius 1 is 1.10 bits per heavy atom. The van der Waals surface area contributed by atoms with Crippen LogP contribution in [0.15, 0.2) is 43.5 Å². The minimum absolute atomic E-state index is 0.0145. The van der Waals surface area contributed by atoms with E-state index in [1.54, 1.807) is 23.9 Å². The van der Waals surface area contributed by atoms with Crippen LogP contribution in [0.25, 0.3) is 0 Å². The average Bonchev–Trinajstić information content (AvgIpc) is 3.55. The number of carbonyl (C=O) groups excluding carboxylic acids is 3. The minimum Gasteiger partial charge on any atom is -0.396 e. The highest BCUT2D eigenvalue weighted by Gasteiger charge is 2.76. The molecule has 1 spiro atoms. The number of anilines is 1. The number of amides is 3. The van der Waals surface area contributed by atoms with Crippen LogP contribution in [0.4, 0.5) is 5.69 Å². The topological polar surface area (TPSA) is 81.2 Å². The lowest BCUT2D eigenvalue weighted by Crippen LogP contribution is -2.58. The Morgan fingerprint density at radius 2 is 1.76 bits per heavy atom. The summed E-state index contributed by atoms with van der Waals surface area (Å²) in [4.78, 5) is 49.1. The molecule has 1 N–H and O–H groups in total. The molecule has 2 bridgehead atoms. The van der Waals surface area contributed by atoms with E-state index in [1.165, 1.54) is 0 Å². The maximum absolute atomic E-state index is 14.9. The predicted molar refractivity (Wildman–Crippen MR) is 171 cm³/mol. The first kappa shape index (κ1) is 32.3. The number of likely N-dealkylation sites (tertiary alicyclic amines) is 1. The molecule has 1 aromatic carbocycles. The van der Waals surface area contributed by atoms with E-state index < -0.39 is 22.6 Å². The third-order valence-corrected chi connectivity index (χ3v) is 11.6. The van der Waals surface area contributed by atoms with Crippen molar-refractivity contribution in [3.05, 3.63) is 54.6 Å². The van der Waals surface area contributed by atoms with Gasteiger partial charge < -0.3 is 19.8 Å². The van der Waals surface area contributed by atoms with Crippen LogP contribution in [-0.4, -0.2) is 81.5 Å². The van der Waals surface area contributed by atoms with Crippen LogP contribution in [0.3, 0.4) is 0 Å². The molecule has 3 amide bonds. The van der Waals surface area contributed by atoms with Gasteiger partial charge in [-0.15, -0.1) is 24.9 Å². The summed E-state index contributed by atoms with van der Waals surface area (Å²) in [5.74, 6) is -0.957. The van der Waals surface area contributed by atoms with Gasteiger partial charge in [0.15, 0.2) is 0 Å². The number of aliphatic hydroxyl groups is 1. The summed E-state index contributed by atoms with van der Waals surface area (Å²) >= 11 is 1.74. The second-order valence-corrected chi connectivity index (χ2v) is 13.8. The fourth-order valence-electron chi connectivity index (χ4n) is 7.80. The molecule has 0 aliphatic carbocycles. The van der Waals surface area contributed by atoms with Gasteiger partial charge in [0, 0.05) is 43.7 Å². The third kappa shape index (κ3) is 5.57. The van der Waals surface area contributed by atoms with Crippen LogP contribution >= 0.6 is 11.8 Å². The lowest BCUT2D eigenvalue weighted by atomic mass is 9.65. The van der Waals surface area contributed by atoms with Crippen LogP contribution in [0.5, 0.6) is 0 Å². The number of aliphatic hydroxyl groups excluding tert-OH is 1. The van der Waals surface area contributed by atoms with Crippen molar-refractivity contribution in [3.63, 3.8) is 0 Å². The fraction of sp³-hybridized carbons (Fsp3) is 0.618. The summed E-state index contributed by atoms with van der Waals surface area (Å²) in [7, 11) is 0. The Hall–Kier alpha value is -2.58. The maximum Gasteiger partial charge on any atom is 0.251 e. The highest BCUT2D eigenvalue weighted by Crippen LogP contribution is 2.69. The number of unbranched alkanes of at least 4 members (excludes halogenated alkanes) is 3. The monoisotopic (exact) mass is 595 g/mol. The third-order valence-electron chi connectivity index (χ3n) is 9.51. The highest BCUT2D eigenvalue weighted by molar-refractivity contribution is 8.02. The van der Waals surface area contributed by atoms with E-state index >= 15 is 0 Å². The Balaban J connectivity index is 1.79. The number of para-hydroxylation sites is 1. The number of benzene rings is 1. The Labute approximate surface area is 256 Å². The first-order valence-electron chi connectivity index (χ1n) is 15.7. The van der Waals surface area contributed by atoms with Crippen molar-refractivity contribution < 1.29 is 19.5 Å². The van der Waals surface area contributed by atoms with E-state index in [-0.39, 0.29) is 35.5 Å². The lowest BCUT2D eigenvalue weighted by molar-refractivity contribution is -0.144. The van der Waals surface area contributed by atoms with E-state index in [0.717, 1.165) is 55.3 Å². The normalized spacial score (nSPS) is 27.7. The van der Waals surface area contributed by atoms with Crippen LogP contribution in [0, 0.1) is 31.6 Å². The molecule has 7 nitrogen and oxygen atoms in total. The standard InChI is InChI=1S/C34H49N3O4S/c1-7-17-35(18-8-2)31(39)27-26-22-25(6)34(42-26)28(27)32(40)37(20-12-10-11-13-21-38)30(34)33(41)36(19-9-3)29-23(4)15-14-16-24(29)5/h7,9,14-16,25-28,30,38H,1,3,8,10-13,17-22H2,2,4-6H3/t25?,26-,27+,28-,30?,34?/m0/s1. The first-order valence-corrected chi connectivity index (χ1v) is 16.5. The number of fused-ring (bicyclic) bond motifs is 1. The zero-order valence-electron chi connectivity index (χ0n) is 25.9. The van der Waals surface area contributed by atoms with E-state index in [9.17, 15) is 19.5 Å². The highest BCUT2D eigenvalue weighted by atomic mass is 32.2. The number of hydrogen-bond acceptors (Lipinski definition) is 5. The fourth-order valence-corrected chi connectivity index (χ4v) is 10.2. The summed E-state index contributed by atoms with van der Waals surface area (Å²) in [5.41, 5.74) is 2.88. The van der Waals surface area contributed by atoms with Crippen LogP contribution in [-0.2, 0) is 14.4 Å². The van der Waals surface area contributed by atoms with E-state index in [1.807, 2.05) is 46.7 Å². The first-order chi connectivity index (χ1) is 20.2. The van der Waals surface area contributed by atoms with Crippen molar-refractivity contribution in [2.24, 2.45) is 17.8 Å². The molecule has 3 aliphatic heterocycles. The summed E-state index contributed by atoms with van der Waals surface area (Å²) in [6.45, 7) is 18.1. The molecule has 3 aliphatic rings. The molecular formula is C34H49N3O4S. The number of carbonyl (C=O) groups is 3. The van der Waals surface area contributed by atoms with Crippen LogP contribution in [0.2, 0.25) is 0 Å². The number of rotatable bonds is 15. The predicted octanol–water partition coefficient (Wildman–Crippen LogP) is 5.14. The lowest BCUT2D eigenvalue weighted by Gasteiger charge is -2.41. The summed E-state index contributed by atoms with van der Waals surface area (Å²) < 4.78 is -0.660. The van der Waals surface area contributed by atoms with Gasteiger partial charge in [-0.2, -0.15) is 0 Å². The minimum atomic E-state index is -0.660. The van der Waals surface area contributed by atoms with Crippen LogP contribution < -0.4 is 4.90 Å². The maximum atomic E-state index is 14.9. The van der Waals surface area contributed by atoms with Crippen molar-refractivity contribution in [1.29, 1.82) is 0 Å². The quantitative estimate of drug-likeness (QED) is 0.224. The Morgan fingerprint density at radius 3 is 2.38 bits per heavy atom. The van der Waals surface area contributed by atoms with Gasteiger partial charge in [0.05, 0.1) is 16.6 Å². The van der Waals surface area contributed by atoms with Gasteiger partial charge in [0.1, 0.15) is 6.04 Å². The number of hydrogen-bond donors (Lipinski definition) is 1. The van der Waals surface area contributed by atoms with Crippen molar-refractivity contribution in [3.8, 4) is 0 Å². The van der Waals surface area contributed by atoms with Crippen molar-refractivity contribution in [2.45, 2.75) is 82.3 Å². The molecule has 42 heavy (non-hydrogen) atoms. The molecule has 3 saturated heterocycles. The Kier molecular flexibility index (Phi) is 10.6. The SMILES string of the molecule is C=CCN(CCC)C(=O)[C@@H]1[C@@H]2CC(C)C3(S2)C(C(=O)N(CC=C)c2c(C)cccc2C)N(CCCCCCO)C(=O)[C@H]13. The summed E-state index contributed by atoms with van der Waals surface area (Å²) in [6.07, 6.45) is 8.38. The van der Waals surface area contributed by atoms with Gasteiger partial charge in [0.2, 0.25) is 11.8 Å². The zero-order valence-corrected chi connectivity index (χ0v) is 26.7. The zero-order chi connectivity index (χ0) is 30.6. The van der Waals surface area contributed by atoms with Gasteiger partial charge >= 0.3 is 0 Å². The van der Waals surface area contributed by atoms with E-state index in [4.69, 9.17) is 0 Å². The molecule has 0 radical (unpaired) electrons. The molecule has 0 aromatic heterocycles. The summed E-state index contributed by atoms with van der Waals surface area (Å²) in [5, 5.41) is 9.26. The van der Waals surface area contributed by atoms with Crippen LogP contribution in [0.1, 0.15) is 63.5 Å². The van der Waals surface area contributed by atoms with Crippen molar-refractivity contribution in [2.75, 3.05) is 37.7 Å². The van der Waals surface area contributed by atoms with Gasteiger partial charge in [0.25, 0.3) is 5.91 Å². The molecular weight excluding hydrogens is 546 g/mol. The summed E-state index contributed by atoms with van der Waals surface area (Å²) in [6, 6.07) is 5.37. The molecule has 6 atom stereocenters. The molecule has 8 heteroatoms. The smallest absolute Gasteiger partial charge is 0.251 e. The molecule has 3 heterocycles. The van der Waals surface area contributed by atoms with E-state index in [0.29, 0.717) is 26.2 Å². The van der Waals surface area contributed by atoms with Gasteiger partial charge in [-0.3, -0.25) is 14.4 Å². The van der Waals surface area contributed by atoms with Gasteiger partial charge in [-0.05, 0) is 56.6 Å². The van der Waals surface area contributed by atoms with Crippen molar-refractivity contribution in [1.82, 2.24) is 9.80 Å². The van der Waals surface area contributed by atoms with E-state index in [2.05, 4.69) is 27.0 Å². The molecule has 3 unspecified atom stereocenters. The second-order valence-electron chi connectivity index (χ2n) is 12.3.